The highest BCUT2D eigenvalue weighted by Crippen LogP contribution is 2.56. The van der Waals surface area contributed by atoms with Crippen molar-refractivity contribution in [3.8, 4) is 0 Å². The lowest BCUT2D eigenvalue weighted by Crippen LogP contribution is -2.18. The Bertz CT molecular complexity index is 1530. The van der Waals surface area contributed by atoms with Crippen LogP contribution in [0.2, 0.25) is 0 Å². The predicted octanol–water partition coefficient (Wildman–Crippen LogP) is 7.81. The Morgan fingerprint density at radius 3 is 1.45 bits per heavy atom. The van der Waals surface area contributed by atoms with Crippen LogP contribution in [-0.4, -0.2) is 11.9 Å². The van der Waals surface area contributed by atoms with E-state index in [2.05, 4.69) is 54.1 Å². The Labute approximate surface area is 225 Å². The Balaban J connectivity index is 1.84. The molecule has 0 aliphatic heterocycles. The second kappa shape index (κ2) is 11.8. The van der Waals surface area contributed by atoms with Crippen LogP contribution in [0.25, 0.3) is 11.0 Å². The van der Waals surface area contributed by atoms with Crippen molar-refractivity contribution in [3.63, 3.8) is 0 Å². The predicted molar refractivity (Wildman–Crippen MR) is 161 cm³/mol. The first-order chi connectivity index (χ1) is 18.7. The number of rotatable bonds is 8. The van der Waals surface area contributed by atoms with Crippen LogP contribution in [0.15, 0.2) is 157 Å². The summed E-state index contributed by atoms with van der Waals surface area (Å²) in [6.45, 7) is 0.696. The van der Waals surface area contributed by atoms with Gasteiger partial charge < -0.3 is 9.46 Å². The van der Waals surface area contributed by atoms with Crippen molar-refractivity contribution in [2.24, 2.45) is 0 Å². The maximum atomic E-state index is 15.5. The Morgan fingerprint density at radius 1 is 0.579 bits per heavy atom. The summed E-state index contributed by atoms with van der Waals surface area (Å²) in [7, 11) is -1.22. The van der Waals surface area contributed by atoms with E-state index in [4.69, 9.17) is 0 Å². The van der Waals surface area contributed by atoms with Crippen molar-refractivity contribution in [1.29, 1.82) is 0 Å². The van der Waals surface area contributed by atoms with Gasteiger partial charge in [0.15, 0.2) is 7.14 Å². The molecule has 0 spiro atoms. The first-order valence-corrected chi connectivity index (χ1v) is 14.5. The van der Waals surface area contributed by atoms with E-state index in [1.807, 2.05) is 115 Å². The van der Waals surface area contributed by atoms with Gasteiger partial charge in [-0.2, -0.15) is 0 Å². The third-order valence-electron chi connectivity index (χ3n) is 6.53. The van der Waals surface area contributed by atoms with E-state index in [9.17, 15) is 0 Å². The van der Waals surface area contributed by atoms with E-state index in [1.165, 1.54) is 5.56 Å². The molecule has 0 saturated heterocycles. The summed E-state index contributed by atoms with van der Waals surface area (Å²) >= 11 is 0. The van der Waals surface area contributed by atoms with Crippen LogP contribution in [-0.2, 0) is 11.1 Å². The maximum absolute atomic E-state index is 15.5. The van der Waals surface area contributed by atoms with E-state index >= 15 is 4.57 Å². The van der Waals surface area contributed by atoms with Crippen molar-refractivity contribution in [3.05, 3.63) is 174 Å². The largest absolute Gasteiger partial charge is 0.363 e. The fourth-order valence-electron chi connectivity index (χ4n) is 4.64. The molecule has 186 valence electrons. The number of benzene rings is 5. The minimum Gasteiger partial charge on any atom is -0.363 e. The Kier molecular flexibility index (Phi) is 7.86. The van der Waals surface area contributed by atoms with Crippen LogP contribution >= 0.6 is 7.14 Å². The van der Waals surface area contributed by atoms with E-state index in [0.717, 1.165) is 27.4 Å². The minimum absolute atomic E-state index is 0.689. The quantitative estimate of drug-likeness (QED) is 0.156. The molecule has 2 nitrogen and oxygen atoms in total. The molecule has 38 heavy (non-hydrogen) atoms. The monoisotopic (exact) mass is 511 g/mol. The molecule has 5 rings (SSSR count). The summed E-state index contributed by atoms with van der Waals surface area (Å²) < 4.78 is 15.5. The third kappa shape index (κ3) is 5.48. The molecule has 0 bridgehead atoms. The molecule has 0 aromatic heterocycles. The summed E-state index contributed by atoms with van der Waals surface area (Å²) in [6, 6.07) is 50.3. The van der Waals surface area contributed by atoms with Crippen molar-refractivity contribution in [2.45, 2.75) is 6.54 Å². The highest BCUT2D eigenvalue weighted by molar-refractivity contribution is 7.87. The van der Waals surface area contributed by atoms with Crippen molar-refractivity contribution in [1.82, 2.24) is 4.90 Å². The fraction of sp³-hybridized carbons (Fsp3) is 0.0571. The molecule has 0 N–H and O–H groups in total. The highest BCUT2D eigenvalue weighted by Gasteiger charge is 2.33. The number of nitrogens with zero attached hydrogens (tertiary/aromatic N) is 1. The summed E-state index contributed by atoms with van der Waals surface area (Å²) in [5, 5.41) is 2.26. The molecule has 3 heteroatoms. The van der Waals surface area contributed by atoms with Gasteiger partial charge in [-0.15, -0.1) is 0 Å². The average Bonchev–Trinajstić information content (AvgIpc) is 2.99. The molecule has 5 aromatic carbocycles. The minimum atomic E-state index is -3.29. The maximum Gasteiger partial charge on any atom is 0.179 e. The van der Waals surface area contributed by atoms with E-state index in [0.29, 0.717) is 11.9 Å². The zero-order chi connectivity index (χ0) is 26.2. The van der Waals surface area contributed by atoms with Crippen molar-refractivity contribution < 1.29 is 4.57 Å². The van der Waals surface area contributed by atoms with Gasteiger partial charge in [0.1, 0.15) is 0 Å². The molecule has 0 atom stereocenters. The molecular formula is C35H30NOP. The molecule has 0 amide bonds. The number of hydrogen-bond donors (Lipinski definition) is 0. The van der Waals surface area contributed by atoms with Crippen LogP contribution in [0, 0.1) is 0 Å². The molecule has 0 aliphatic carbocycles. The van der Waals surface area contributed by atoms with Gasteiger partial charge in [0, 0.05) is 29.8 Å². The summed E-state index contributed by atoms with van der Waals surface area (Å²) in [6.07, 6.45) is 0. The van der Waals surface area contributed by atoms with Gasteiger partial charge in [0.05, 0.1) is 11.0 Å². The highest BCUT2D eigenvalue weighted by atomic mass is 31.2. The normalized spacial score (nSPS) is 10.9. The van der Waals surface area contributed by atoms with Crippen LogP contribution < -0.4 is 10.6 Å². The van der Waals surface area contributed by atoms with Crippen LogP contribution in [0.3, 0.4) is 0 Å². The first kappa shape index (κ1) is 25.3. The fourth-order valence-corrected chi connectivity index (χ4v) is 7.42. The van der Waals surface area contributed by atoms with Gasteiger partial charge in [0.2, 0.25) is 0 Å². The lowest BCUT2D eigenvalue weighted by molar-refractivity contribution is 0.476. The van der Waals surface area contributed by atoms with E-state index < -0.39 is 7.14 Å². The van der Waals surface area contributed by atoms with Gasteiger partial charge >= 0.3 is 0 Å². The Hall–Kier alpha value is -4.35. The standard InChI is InChI=1S/C35H30NOP/c1-36(28-29-17-7-2-8-18-29)34(30-19-9-3-10-20-30)27-35(31-21-11-4-12-22-31)38(37,32-23-13-5-14-24-32)33-25-15-6-16-26-33/h2-26H,28H2,1H3. The van der Waals surface area contributed by atoms with Crippen molar-refractivity contribution >= 4 is 28.8 Å². The third-order valence-corrected chi connectivity index (χ3v) is 9.58. The summed E-state index contributed by atoms with van der Waals surface area (Å²) in [5.74, 6) is 0. The molecule has 0 heterocycles. The molecule has 0 unspecified atom stereocenters. The van der Waals surface area contributed by atoms with Gasteiger partial charge in [-0.3, -0.25) is 0 Å². The summed E-state index contributed by atoms with van der Waals surface area (Å²) in [4.78, 5) is 2.19. The molecule has 0 radical (unpaired) electrons. The van der Waals surface area contributed by atoms with Gasteiger partial charge in [-0.05, 0) is 11.1 Å². The van der Waals surface area contributed by atoms with Crippen LogP contribution in [0.4, 0.5) is 0 Å². The second-order valence-corrected chi connectivity index (χ2v) is 11.9. The zero-order valence-electron chi connectivity index (χ0n) is 21.4. The smallest absolute Gasteiger partial charge is 0.179 e. The second-order valence-electron chi connectivity index (χ2n) is 9.18. The van der Waals surface area contributed by atoms with Crippen LogP contribution in [0.1, 0.15) is 16.7 Å². The summed E-state index contributed by atoms with van der Waals surface area (Å²) in [5.41, 5.74) is 7.74. The van der Waals surface area contributed by atoms with Gasteiger partial charge in [-0.25, -0.2) is 0 Å². The lowest BCUT2D eigenvalue weighted by Gasteiger charge is -2.25. The number of hydrogen-bond acceptors (Lipinski definition) is 2. The van der Waals surface area contributed by atoms with E-state index in [-0.39, 0.29) is 0 Å². The molecule has 0 saturated carbocycles. The average molecular weight is 512 g/mol. The molecule has 0 aliphatic rings. The topological polar surface area (TPSA) is 20.3 Å². The molecular weight excluding hydrogens is 481 g/mol. The van der Waals surface area contributed by atoms with E-state index in [1.54, 1.807) is 0 Å². The lowest BCUT2D eigenvalue weighted by atomic mass is 10.1. The zero-order valence-corrected chi connectivity index (χ0v) is 22.3. The van der Waals surface area contributed by atoms with Crippen molar-refractivity contribution in [2.75, 3.05) is 7.05 Å². The Morgan fingerprint density at radius 2 is 0.974 bits per heavy atom. The van der Waals surface area contributed by atoms with Gasteiger partial charge in [-0.1, -0.05) is 157 Å². The molecule has 0 fully saturated rings. The first-order valence-electron chi connectivity index (χ1n) is 12.7. The SMILES string of the molecule is CN(Cc1ccccc1)C(=C=C(c1ccccc1)P(=O)(c1ccccc1)c1ccccc1)c1ccccc1. The molecule has 5 aromatic rings. The van der Waals surface area contributed by atoms with Gasteiger partial charge in [0.25, 0.3) is 0 Å². The van der Waals surface area contributed by atoms with Crippen LogP contribution in [0.5, 0.6) is 0 Å².